The fourth-order valence-electron chi connectivity index (χ4n) is 2.33. The molecule has 0 heterocycles. The lowest BCUT2D eigenvalue weighted by atomic mass is 9.62. The minimum Gasteiger partial charge on any atom is -0.392 e. The maximum absolute atomic E-state index is 11.3. The number of aliphatic hydroxyl groups excluding tert-OH is 1. The minimum atomic E-state index is -0.373. The third kappa shape index (κ3) is 1.53. The van der Waals surface area contributed by atoms with Crippen LogP contribution in [0.1, 0.15) is 40.5 Å². The topological polar surface area (TPSA) is 37.3 Å². The highest BCUT2D eigenvalue weighted by atomic mass is 16.3. The predicted molar refractivity (Wildman–Crippen MR) is 47.8 cm³/mol. The van der Waals surface area contributed by atoms with Gasteiger partial charge in [0.2, 0.25) is 0 Å². The van der Waals surface area contributed by atoms with Crippen molar-refractivity contribution >= 4 is 5.78 Å². The number of ketones is 1. The molecule has 0 aromatic heterocycles. The summed E-state index contributed by atoms with van der Waals surface area (Å²) in [5, 5.41) is 9.93. The zero-order chi connectivity index (χ0) is 9.57. The molecular weight excluding hydrogens is 152 g/mol. The summed E-state index contributed by atoms with van der Waals surface area (Å²) in [5.41, 5.74) is -0.502. The number of hydrogen-bond donors (Lipinski definition) is 1. The second-order valence-corrected chi connectivity index (χ2v) is 5.27. The number of Topliss-reactive ketones (excluding diaryl/α,β-unsaturated/α-hetero) is 1. The first kappa shape index (κ1) is 9.72. The van der Waals surface area contributed by atoms with Gasteiger partial charge in [0.1, 0.15) is 5.78 Å². The summed E-state index contributed by atoms with van der Waals surface area (Å²) in [6.45, 7) is 7.82. The molecule has 0 atom stereocenters. The van der Waals surface area contributed by atoms with Crippen molar-refractivity contribution in [2.24, 2.45) is 10.8 Å². The molecule has 0 aliphatic heterocycles. The number of hydrogen-bond acceptors (Lipinski definition) is 2. The molecule has 0 spiro atoms. The van der Waals surface area contributed by atoms with Gasteiger partial charge in [-0.25, -0.2) is 0 Å². The van der Waals surface area contributed by atoms with Crippen LogP contribution in [0.3, 0.4) is 0 Å². The van der Waals surface area contributed by atoms with E-state index < -0.39 is 0 Å². The molecule has 1 fully saturated rings. The van der Waals surface area contributed by atoms with Crippen molar-refractivity contribution in [1.82, 2.24) is 0 Å². The molecule has 0 aromatic rings. The van der Waals surface area contributed by atoms with Gasteiger partial charge >= 0.3 is 0 Å². The van der Waals surface area contributed by atoms with Crippen molar-refractivity contribution in [3.8, 4) is 0 Å². The molecule has 0 saturated heterocycles. The average molecular weight is 170 g/mol. The van der Waals surface area contributed by atoms with Crippen LogP contribution in [0, 0.1) is 10.8 Å². The van der Waals surface area contributed by atoms with E-state index in [0.29, 0.717) is 12.8 Å². The summed E-state index contributed by atoms with van der Waals surface area (Å²) in [7, 11) is 0. The first-order valence-corrected chi connectivity index (χ1v) is 4.45. The van der Waals surface area contributed by atoms with Crippen LogP contribution in [-0.4, -0.2) is 17.0 Å². The maximum Gasteiger partial charge on any atom is 0.134 e. The molecule has 2 nitrogen and oxygen atoms in total. The smallest absolute Gasteiger partial charge is 0.134 e. The number of carbonyl (C=O) groups is 1. The first-order valence-electron chi connectivity index (χ1n) is 4.45. The number of aliphatic hydroxyl groups is 1. The van der Waals surface area contributed by atoms with Gasteiger partial charge in [-0.05, 0) is 10.8 Å². The van der Waals surface area contributed by atoms with Crippen molar-refractivity contribution in [2.45, 2.75) is 46.6 Å². The monoisotopic (exact) mass is 170 g/mol. The predicted octanol–water partition coefficient (Wildman–Crippen LogP) is 1.76. The van der Waals surface area contributed by atoms with E-state index in [4.69, 9.17) is 0 Å². The molecule has 70 valence electrons. The highest BCUT2D eigenvalue weighted by Gasteiger charge is 2.46. The fourth-order valence-corrected chi connectivity index (χ4v) is 2.33. The van der Waals surface area contributed by atoms with Gasteiger partial charge in [-0.1, -0.05) is 27.7 Å². The standard InChI is InChI=1S/C10H18O2/c1-9(2)5-7(11)6-10(3,4)8(9)12/h8,12H,5-6H2,1-4H3. The Hall–Kier alpha value is -0.370. The van der Waals surface area contributed by atoms with E-state index in [9.17, 15) is 9.90 Å². The summed E-state index contributed by atoms with van der Waals surface area (Å²) in [5.74, 6) is 0.273. The van der Waals surface area contributed by atoms with Crippen LogP contribution in [0.2, 0.25) is 0 Å². The second kappa shape index (κ2) is 2.56. The molecule has 0 amide bonds. The fraction of sp³-hybridized carbons (Fsp3) is 0.900. The van der Waals surface area contributed by atoms with Crippen LogP contribution in [0.25, 0.3) is 0 Å². The summed E-state index contributed by atoms with van der Waals surface area (Å²) < 4.78 is 0. The lowest BCUT2D eigenvalue weighted by molar-refractivity contribution is -0.140. The SMILES string of the molecule is CC1(C)CC(=O)CC(C)(C)C1O. The van der Waals surface area contributed by atoms with Crippen molar-refractivity contribution in [2.75, 3.05) is 0 Å². The van der Waals surface area contributed by atoms with Gasteiger partial charge in [0.15, 0.2) is 0 Å². The molecule has 1 rings (SSSR count). The van der Waals surface area contributed by atoms with E-state index in [2.05, 4.69) is 0 Å². The van der Waals surface area contributed by atoms with Crippen LogP contribution >= 0.6 is 0 Å². The molecule has 0 aromatic carbocycles. The van der Waals surface area contributed by atoms with Crippen LogP contribution in [-0.2, 0) is 4.79 Å². The van der Waals surface area contributed by atoms with Crippen molar-refractivity contribution < 1.29 is 9.90 Å². The molecule has 12 heavy (non-hydrogen) atoms. The van der Waals surface area contributed by atoms with E-state index in [0.717, 1.165) is 0 Å². The van der Waals surface area contributed by atoms with Gasteiger partial charge in [-0.15, -0.1) is 0 Å². The highest BCUT2D eigenvalue weighted by Crippen LogP contribution is 2.44. The molecular formula is C10H18O2. The summed E-state index contributed by atoms with van der Waals surface area (Å²) >= 11 is 0. The summed E-state index contributed by atoms with van der Waals surface area (Å²) in [4.78, 5) is 11.3. The van der Waals surface area contributed by atoms with Crippen LogP contribution in [0.5, 0.6) is 0 Å². The molecule has 0 radical (unpaired) electrons. The molecule has 1 saturated carbocycles. The second-order valence-electron chi connectivity index (χ2n) is 5.27. The third-order valence-corrected chi connectivity index (χ3v) is 2.79. The zero-order valence-electron chi connectivity index (χ0n) is 8.35. The molecule has 2 heteroatoms. The first-order chi connectivity index (χ1) is 5.26. The van der Waals surface area contributed by atoms with Gasteiger partial charge in [0.25, 0.3) is 0 Å². The molecule has 1 N–H and O–H groups in total. The Morgan fingerprint density at radius 1 is 1.17 bits per heavy atom. The zero-order valence-corrected chi connectivity index (χ0v) is 8.35. The Kier molecular flexibility index (Phi) is 2.07. The Morgan fingerprint density at radius 3 is 1.83 bits per heavy atom. The van der Waals surface area contributed by atoms with Crippen molar-refractivity contribution in [1.29, 1.82) is 0 Å². The average Bonchev–Trinajstić information content (AvgIpc) is 1.80. The Labute approximate surface area is 74.0 Å². The lowest BCUT2D eigenvalue weighted by Crippen LogP contribution is -2.48. The highest BCUT2D eigenvalue weighted by molar-refractivity contribution is 5.81. The van der Waals surface area contributed by atoms with Crippen molar-refractivity contribution in [3.05, 3.63) is 0 Å². The molecule has 1 aliphatic rings. The number of carbonyl (C=O) groups excluding carboxylic acids is 1. The number of rotatable bonds is 0. The van der Waals surface area contributed by atoms with Crippen LogP contribution < -0.4 is 0 Å². The molecule has 0 unspecified atom stereocenters. The van der Waals surface area contributed by atoms with Crippen LogP contribution in [0.15, 0.2) is 0 Å². The summed E-state index contributed by atoms with van der Waals surface area (Å²) in [6.07, 6.45) is 0.651. The maximum atomic E-state index is 11.3. The Balaban J connectivity index is 2.91. The van der Waals surface area contributed by atoms with E-state index in [-0.39, 0.29) is 22.7 Å². The summed E-state index contributed by atoms with van der Waals surface area (Å²) in [6, 6.07) is 0. The van der Waals surface area contributed by atoms with E-state index in [1.54, 1.807) is 0 Å². The minimum absolute atomic E-state index is 0.251. The van der Waals surface area contributed by atoms with Crippen molar-refractivity contribution in [3.63, 3.8) is 0 Å². The Bertz CT molecular complexity index is 184. The van der Waals surface area contributed by atoms with Gasteiger partial charge in [0, 0.05) is 12.8 Å². The van der Waals surface area contributed by atoms with Gasteiger partial charge in [0.05, 0.1) is 6.10 Å². The van der Waals surface area contributed by atoms with Gasteiger partial charge in [-0.3, -0.25) is 4.79 Å². The largest absolute Gasteiger partial charge is 0.392 e. The normalized spacial score (nSPS) is 28.9. The van der Waals surface area contributed by atoms with Gasteiger partial charge < -0.3 is 5.11 Å². The van der Waals surface area contributed by atoms with E-state index in [1.165, 1.54) is 0 Å². The van der Waals surface area contributed by atoms with E-state index in [1.807, 2.05) is 27.7 Å². The van der Waals surface area contributed by atoms with E-state index >= 15 is 0 Å². The van der Waals surface area contributed by atoms with Crippen LogP contribution in [0.4, 0.5) is 0 Å². The quantitative estimate of drug-likeness (QED) is 0.601. The Morgan fingerprint density at radius 2 is 1.50 bits per heavy atom. The molecule has 1 aliphatic carbocycles. The van der Waals surface area contributed by atoms with Gasteiger partial charge in [-0.2, -0.15) is 0 Å². The third-order valence-electron chi connectivity index (χ3n) is 2.79. The lowest BCUT2D eigenvalue weighted by Gasteiger charge is -2.45. The molecule has 0 bridgehead atoms.